The lowest BCUT2D eigenvalue weighted by Crippen LogP contribution is -1.88. The molecule has 3 rings (SSSR count). The molecule has 0 radical (unpaired) electrons. The molecule has 2 N–H and O–H groups in total. The van der Waals surface area contributed by atoms with Gasteiger partial charge in [0.1, 0.15) is 0 Å². The fourth-order valence-corrected chi connectivity index (χ4v) is 3.44. The van der Waals surface area contributed by atoms with Gasteiger partial charge in [0, 0.05) is 22.8 Å². The molecule has 0 spiro atoms. The minimum absolute atomic E-state index is 0.873. The van der Waals surface area contributed by atoms with Crippen molar-refractivity contribution in [2.24, 2.45) is 0 Å². The molecule has 1 aromatic carbocycles. The summed E-state index contributed by atoms with van der Waals surface area (Å²) in [5.41, 5.74) is 11.9. The van der Waals surface area contributed by atoms with E-state index >= 15 is 0 Å². The van der Waals surface area contributed by atoms with Gasteiger partial charge in [-0.3, -0.25) is 4.98 Å². The van der Waals surface area contributed by atoms with Crippen molar-refractivity contribution in [3.63, 3.8) is 0 Å². The second kappa shape index (κ2) is 5.10. The van der Waals surface area contributed by atoms with E-state index in [0.717, 1.165) is 21.7 Å². The van der Waals surface area contributed by atoms with Gasteiger partial charge >= 0.3 is 0 Å². The number of nitrogen functional groups attached to an aromatic ring is 1. The Hall–Kier alpha value is -2.13. The molecule has 0 saturated carbocycles. The highest BCUT2D eigenvalue weighted by molar-refractivity contribution is 7.19. The molecule has 20 heavy (non-hydrogen) atoms. The minimum Gasteiger partial charge on any atom is -0.397 e. The number of nitrogens with zero attached hydrogens (tertiary/aromatic N) is 1. The van der Waals surface area contributed by atoms with Crippen LogP contribution in [0.25, 0.3) is 20.9 Å². The molecule has 2 nitrogen and oxygen atoms in total. The maximum atomic E-state index is 6.30. The molecule has 2 aromatic heterocycles. The van der Waals surface area contributed by atoms with Crippen LogP contribution in [0.15, 0.2) is 48.8 Å². The summed E-state index contributed by atoms with van der Waals surface area (Å²) >= 11 is 1.73. The fourth-order valence-electron chi connectivity index (χ4n) is 2.22. The first-order chi connectivity index (χ1) is 9.66. The molecular weight excluding hydrogens is 264 g/mol. The summed E-state index contributed by atoms with van der Waals surface area (Å²) in [5, 5.41) is 0. The van der Waals surface area contributed by atoms with Crippen LogP contribution in [0.1, 0.15) is 11.1 Å². The van der Waals surface area contributed by atoms with Crippen molar-refractivity contribution in [2.45, 2.75) is 13.8 Å². The standard InChI is InChI=1S/C17H16N2S/c1-11-5-7-13(8-6-11)17-15(18)12(2)16(20-17)14-4-3-9-19-10-14/h3-10H,18H2,1-2H3. The smallest absolute Gasteiger partial charge is 0.0581 e. The first-order valence-electron chi connectivity index (χ1n) is 6.53. The van der Waals surface area contributed by atoms with Crippen molar-refractivity contribution in [3.8, 4) is 20.9 Å². The van der Waals surface area contributed by atoms with Gasteiger partial charge in [0.15, 0.2) is 0 Å². The lowest BCUT2D eigenvalue weighted by Gasteiger charge is -2.00. The van der Waals surface area contributed by atoms with Crippen molar-refractivity contribution in [1.82, 2.24) is 4.98 Å². The van der Waals surface area contributed by atoms with Gasteiger partial charge in [0.05, 0.1) is 10.6 Å². The van der Waals surface area contributed by atoms with Crippen LogP contribution in [0.3, 0.4) is 0 Å². The summed E-state index contributed by atoms with van der Waals surface area (Å²) in [7, 11) is 0. The monoisotopic (exact) mass is 280 g/mol. The highest BCUT2D eigenvalue weighted by atomic mass is 32.1. The molecule has 0 unspecified atom stereocenters. The topological polar surface area (TPSA) is 38.9 Å². The zero-order valence-electron chi connectivity index (χ0n) is 11.6. The molecule has 0 aliphatic carbocycles. The Morgan fingerprint density at radius 1 is 0.950 bits per heavy atom. The van der Waals surface area contributed by atoms with Gasteiger partial charge in [-0.2, -0.15) is 0 Å². The third-order valence-electron chi connectivity index (χ3n) is 3.43. The highest BCUT2D eigenvalue weighted by Crippen LogP contribution is 2.43. The Balaban J connectivity index is 2.13. The van der Waals surface area contributed by atoms with Gasteiger partial charge < -0.3 is 5.73 Å². The maximum absolute atomic E-state index is 6.30. The van der Waals surface area contributed by atoms with Gasteiger partial charge in [-0.25, -0.2) is 0 Å². The summed E-state index contributed by atoms with van der Waals surface area (Å²) in [6, 6.07) is 12.5. The van der Waals surface area contributed by atoms with Crippen LogP contribution in [-0.2, 0) is 0 Å². The third-order valence-corrected chi connectivity index (χ3v) is 4.84. The van der Waals surface area contributed by atoms with Crippen LogP contribution in [0.5, 0.6) is 0 Å². The number of rotatable bonds is 2. The summed E-state index contributed by atoms with van der Waals surface area (Å²) < 4.78 is 0. The number of anilines is 1. The summed E-state index contributed by atoms with van der Waals surface area (Å²) in [6.45, 7) is 4.17. The van der Waals surface area contributed by atoms with E-state index in [1.165, 1.54) is 16.0 Å². The van der Waals surface area contributed by atoms with Gasteiger partial charge in [-0.05, 0) is 31.0 Å². The lowest BCUT2D eigenvalue weighted by atomic mass is 10.1. The van der Waals surface area contributed by atoms with E-state index in [1.807, 2.05) is 12.3 Å². The summed E-state index contributed by atoms with van der Waals surface area (Å²) in [5.74, 6) is 0. The molecule has 0 amide bonds. The summed E-state index contributed by atoms with van der Waals surface area (Å²) in [4.78, 5) is 6.53. The average Bonchev–Trinajstić information content (AvgIpc) is 2.77. The Morgan fingerprint density at radius 3 is 2.35 bits per heavy atom. The van der Waals surface area contributed by atoms with Crippen LogP contribution in [0.2, 0.25) is 0 Å². The SMILES string of the molecule is Cc1ccc(-c2sc(-c3cccnc3)c(C)c2N)cc1. The molecule has 0 fully saturated rings. The highest BCUT2D eigenvalue weighted by Gasteiger charge is 2.15. The molecule has 0 aliphatic rings. The van der Waals surface area contributed by atoms with Gasteiger partial charge in [-0.1, -0.05) is 35.9 Å². The number of hydrogen-bond acceptors (Lipinski definition) is 3. The number of pyridine rings is 1. The van der Waals surface area contributed by atoms with E-state index in [1.54, 1.807) is 17.5 Å². The maximum Gasteiger partial charge on any atom is 0.0581 e. The molecule has 100 valence electrons. The number of thiophene rings is 1. The largest absolute Gasteiger partial charge is 0.397 e. The molecule has 0 saturated heterocycles. The quantitative estimate of drug-likeness (QED) is 0.740. The van der Waals surface area contributed by atoms with Gasteiger partial charge in [-0.15, -0.1) is 11.3 Å². The zero-order chi connectivity index (χ0) is 14.1. The molecule has 0 atom stereocenters. The zero-order valence-corrected chi connectivity index (χ0v) is 12.4. The van der Waals surface area contributed by atoms with Crippen molar-refractivity contribution >= 4 is 17.0 Å². The first kappa shape index (κ1) is 12.9. The molecule has 0 aliphatic heterocycles. The Labute approximate surface area is 122 Å². The van der Waals surface area contributed by atoms with Gasteiger partial charge in [0.2, 0.25) is 0 Å². The first-order valence-corrected chi connectivity index (χ1v) is 7.35. The predicted molar refractivity (Wildman–Crippen MR) is 86.9 cm³/mol. The van der Waals surface area contributed by atoms with E-state index in [4.69, 9.17) is 5.73 Å². The normalized spacial score (nSPS) is 10.7. The third kappa shape index (κ3) is 2.21. The van der Waals surface area contributed by atoms with Crippen LogP contribution in [0.4, 0.5) is 5.69 Å². The van der Waals surface area contributed by atoms with Gasteiger partial charge in [0.25, 0.3) is 0 Å². The average molecular weight is 280 g/mol. The van der Waals surface area contributed by atoms with Crippen LogP contribution < -0.4 is 5.73 Å². The molecular formula is C17H16N2S. The van der Waals surface area contributed by atoms with Crippen molar-refractivity contribution in [1.29, 1.82) is 0 Å². The van der Waals surface area contributed by atoms with Crippen molar-refractivity contribution in [2.75, 3.05) is 5.73 Å². The van der Waals surface area contributed by atoms with Crippen LogP contribution in [0, 0.1) is 13.8 Å². The van der Waals surface area contributed by atoms with Crippen LogP contribution >= 0.6 is 11.3 Å². The second-order valence-corrected chi connectivity index (χ2v) is 5.93. The number of aryl methyl sites for hydroxylation is 1. The fraction of sp³-hybridized carbons (Fsp3) is 0.118. The molecule has 3 heteroatoms. The van der Waals surface area contributed by atoms with E-state index in [0.29, 0.717) is 0 Å². The molecule has 3 aromatic rings. The van der Waals surface area contributed by atoms with Crippen molar-refractivity contribution < 1.29 is 0 Å². The van der Waals surface area contributed by atoms with E-state index in [9.17, 15) is 0 Å². The number of nitrogens with two attached hydrogens (primary N) is 1. The van der Waals surface area contributed by atoms with E-state index in [2.05, 4.69) is 49.2 Å². The Morgan fingerprint density at radius 2 is 1.70 bits per heavy atom. The Kier molecular flexibility index (Phi) is 3.28. The second-order valence-electron chi connectivity index (χ2n) is 4.91. The number of hydrogen-bond donors (Lipinski definition) is 1. The molecule has 2 heterocycles. The summed E-state index contributed by atoms with van der Waals surface area (Å²) in [6.07, 6.45) is 3.67. The lowest BCUT2D eigenvalue weighted by molar-refractivity contribution is 1.33. The number of aromatic nitrogens is 1. The molecule has 0 bridgehead atoms. The number of benzene rings is 1. The van der Waals surface area contributed by atoms with Crippen molar-refractivity contribution in [3.05, 3.63) is 59.9 Å². The minimum atomic E-state index is 0.873. The van der Waals surface area contributed by atoms with E-state index < -0.39 is 0 Å². The van der Waals surface area contributed by atoms with E-state index in [-0.39, 0.29) is 0 Å². The predicted octanol–water partition coefficient (Wildman–Crippen LogP) is 4.68. The van der Waals surface area contributed by atoms with Crippen LogP contribution in [-0.4, -0.2) is 4.98 Å². The Bertz CT molecular complexity index is 728.